The Balaban J connectivity index is 1.91. The molecule has 1 saturated heterocycles. The Kier molecular flexibility index (Phi) is 5.48. The van der Waals surface area contributed by atoms with Crippen molar-refractivity contribution in [2.75, 3.05) is 13.1 Å². The van der Waals surface area contributed by atoms with Gasteiger partial charge in [-0.1, -0.05) is 27.2 Å². The van der Waals surface area contributed by atoms with Crippen LogP contribution in [-0.2, 0) is 4.79 Å². The van der Waals surface area contributed by atoms with E-state index in [4.69, 9.17) is 5.11 Å². The molecule has 1 aliphatic carbocycles. The number of likely N-dealkylation sites (tertiary alicyclic amines) is 1. The summed E-state index contributed by atoms with van der Waals surface area (Å²) in [6, 6.07) is 0.740. The van der Waals surface area contributed by atoms with E-state index in [2.05, 4.69) is 25.7 Å². The van der Waals surface area contributed by atoms with Crippen molar-refractivity contribution in [3.63, 3.8) is 0 Å². The summed E-state index contributed by atoms with van der Waals surface area (Å²) < 4.78 is 0. The number of carbonyl (C=O) groups is 1. The van der Waals surface area contributed by atoms with E-state index in [9.17, 15) is 4.79 Å². The molecule has 3 atom stereocenters. The van der Waals surface area contributed by atoms with E-state index >= 15 is 0 Å². The predicted molar refractivity (Wildman–Crippen MR) is 81.7 cm³/mol. The van der Waals surface area contributed by atoms with Gasteiger partial charge in [0.15, 0.2) is 0 Å². The van der Waals surface area contributed by atoms with Crippen molar-refractivity contribution in [3.8, 4) is 0 Å². The lowest BCUT2D eigenvalue weighted by atomic mass is 9.72. The van der Waals surface area contributed by atoms with Crippen molar-refractivity contribution >= 4 is 5.97 Å². The molecule has 0 spiro atoms. The van der Waals surface area contributed by atoms with Crippen LogP contribution >= 0.6 is 0 Å². The van der Waals surface area contributed by atoms with Crippen LogP contribution in [0.15, 0.2) is 0 Å². The average molecular weight is 281 g/mol. The molecule has 0 aromatic rings. The second-order valence-corrected chi connectivity index (χ2v) is 7.47. The third-order valence-electron chi connectivity index (χ3n) is 5.57. The van der Waals surface area contributed by atoms with Gasteiger partial charge in [0.2, 0.25) is 0 Å². The molecule has 3 unspecified atom stereocenters. The predicted octanol–water partition coefficient (Wildman–Crippen LogP) is 3.63. The first-order chi connectivity index (χ1) is 9.47. The third-order valence-corrected chi connectivity index (χ3v) is 5.57. The van der Waals surface area contributed by atoms with Gasteiger partial charge in [0.05, 0.1) is 0 Å². The van der Waals surface area contributed by atoms with Crippen molar-refractivity contribution in [2.45, 2.75) is 65.3 Å². The molecule has 0 radical (unpaired) electrons. The van der Waals surface area contributed by atoms with Crippen LogP contribution in [0.3, 0.4) is 0 Å². The molecule has 2 fully saturated rings. The smallest absolute Gasteiger partial charge is 0.303 e. The van der Waals surface area contributed by atoms with Gasteiger partial charge in [0.1, 0.15) is 0 Å². The molecule has 20 heavy (non-hydrogen) atoms. The Bertz CT molecular complexity index is 321. The fraction of sp³-hybridized carbons (Fsp3) is 0.941. The fourth-order valence-electron chi connectivity index (χ4n) is 4.31. The van der Waals surface area contributed by atoms with Crippen molar-refractivity contribution in [1.29, 1.82) is 0 Å². The zero-order valence-electron chi connectivity index (χ0n) is 13.3. The summed E-state index contributed by atoms with van der Waals surface area (Å²) in [6.07, 6.45) is 6.60. The number of rotatable bonds is 4. The lowest BCUT2D eigenvalue weighted by Gasteiger charge is -2.46. The summed E-state index contributed by atoms with van der Waals surface area (Å²) in [6.45, 7) is 9.34. The highest BCUT2D eigenvalue weighted by atomic mass is 16.4. The maximum absolute atomic E-state index is 10.8. The second kappa shape index (κ2) is 6.93. The van der Waals surface area contributed by atoms with E-state index in [0.29, 0.717) is 12.3 Å². The Labute approximate surface area is 123 Å². The lowest BCUT2D eigenvalue weighted by Crippen LogP contribution is -2.49. The van der Waals surface area contributed by atoms with Crippen molar-refractivity contribution in [2.24, 2.45) is 23.7 Å². The van der Waals surface area contributed by atoms with E-state index in [0.717, 1.165) is 49.7 Å². The van der Waals surface area contributed by atoms with Crippen LogP contribution in [-0.4, -0.2) is 35.1 Å². The molecule has 0 aromatic heterocycles. The molecule has 0 amide bonds. The Morgan fingerprint density at radius 1 is 1.20 bits per heavy atom. The minimum absolute atomic E-state index is 0.364. The summed E-state index contributed by atoms with van der Waals surface area (Å²) in [5, 5.41) is 8.92. The van der Waals surface area contributed by atoms with Gasteiger partial charge in [-0.15, -0.1) is 0 Å². The first-order valence-electron chi connectivity index (χ1n) is 8.43. The SMILES string of the molecule is CC1CCC(C(C)C)C(N2CCC(CC(=O)O)CC2)C1. The Hall–Kier alpha value is -0.570. The molecule has 0 bridgehead atoms. The molecule has 3 nitrogen and oxygen atoms in total. The second-order valence-electron chi connectivity index (χ2n) is 7.47. The van der Waals surface area contributed by atoms with Crippen molar-refractivity contribution in [3.05, 3.63) is 0 Å². The molecule has 116 valence electrons. The summed E-state index contributed by atoms with van der Waals surface area (Å²) in [5.41, 5.74) is 0. The number of hydrogen-bond donors (Lipinski definition) is 1. The molecule has 1 heterocycles. The molecule has 2 rings (SSSR count). The third kappa shape index (κ3) is 3.97. The number of aliphatic carboxylic acids is 1. The number of carboxylic acids is 1. The molecule has 2 aliphatic rings. The number of carboxylic acid groups (broad SMARTS) is 1. The Morgan fingerprint density at radius 2 is 1.85 bits per heavy atom. The van der Waals surface area contributed by atoms with E-state index in [1.165, 1.54) is 19.3 Å². The van der Waals surface area contributed by atoms with Gasteiger partial charge in [-0.25, -0.2) is 0 Å². The van der Waals surface area contributed by atoms with E-state index in [1.54, 1.807) is 0 Å². The number of piperidine rings is 1. The highest BCUT2D eigenvalue weighted by Crippen LogP contribution is 2.38. The molecular weight excluding hydrogens is 250 g/mol. The van der Waals surface area contributed by atoms with Crippen molar-refractivity contribution < 1.29 is 9.90 Å². The standard InChI is InChI=1S/C17H31NO2/c1-12(2)15-5-4-13(3)10-16(15)18-8-6-14(7-9-18)11-17(19)20/h12-16H,4-11H2,1-3H3,(H,19,20). The topological polar surface area (TPSA) is 40.5 Å². The zero-order valence-corrected chi connectivity index (χ0v) is 13.3. The first-order valence-corrected chi connectivity index (χ1v) is 8.43. The van der Waals surface area contributed by atoms with Gasteiger partial charge in [-0.05, 0) is 62.4 Å². The van der Waals surface area contributed by atoms with Crippen molar-refractivity contribution in [1.82, 2.24) is 4.90 Å². The van der Waals surface area contributed by atoms with Crippen LogP contribution in [0.25, 0.3) is 0 Å². The first kappa shape index (κ1) is 15.8. The normalized spacial score (nSPS) is 33.5. The van der Waals surface area contributed by atoms with Gasteiger partial charge >= 0.3 is 5.97 Å². The maximum Gasteiger partial charge on any atom is 0.303 e. The minimum Gasteiger partial charge on any atom is -0.481 e. The quantitative estimate of drug-likeness (QED) is 0.855. The molecule has 3 heteroatoms. The molecule has 0 aromatic carbocycles. The highest BCUT2D eigenvalue weighted by molar-refractivity contribution is 5.67. The van der Waals surface area contributed by atoms with Crippen LogP contribution in [0.1, 0.15) is 59.3 Å². The number of nitrogens with zero attached hydrogens (tertiary/aromatic N) is 1. The zero-order chi connectivity index (χ0) is 14.7. The van der Waals surface area contributed by atoms with Gasteiger partial charge in [0.25, 0.3) is 0 Å². The molecule has 1 N–H and O–H groups in total. The van der Waals surface area contributed by atoms with E-state index in [-0.39, 0.29) is 0 Å². The fourth-order valence-corrected chi connectivity index (χ4v) is 4.31. The van der Waals surface area contributed by atoms with E-state index in [1.807, 2.05) is 0 Å². The van der Waals surface area contributed by atoms with Crippen LogP contribution in [0, 0.1) is 23.7 Å². The summed E-state index contributed by atoms with van der Waals surface area (Å²) in [4.78, 5) is 13.5. The molecule has 1 aliphatic heterocycles. The van der Waals surface area contributed by atoms with Gasteiger partial charge in [-0.2, -0.15) is 0 Å². The largest absolute Gasteiger partial charge is 0.481 e. The highest BCUT2D eigenvalue weighted by Gasteiger charge is 2.36. The summed E-state index contributed by atoms with van der Waals surface area (Å²) in [5.74, 6) is 2.23. The van der Waals surface area contributed by atoms with Crippen LogP contribution in [0.4, 0.5) is 0 Å². The number of hydrogen-bond acceptors (Lipinski definition) is 2. The molecule has 1 saturated carbocycles. The summed E-state index contributed by atoms with van der Waals surface area (Å²) in [7, 11) is 0. The summed E-state index contributed by atoms with van der Waals surface area (Å²) >= 11 is 0. The maximum atomic E-state index is 10.8. The van der Waals surface area contributed by atoms with Gasteiger partial charge < -0.3 is 10.0 Å². The van der Waals surface area contributed by atoms with Crippen LogP contribution in [0.2, 0.25) is 0 Å². The monoisotopic (exact) mass is 281 g/mol. The van der Waals surface area contributed by atoms with Gasteiger partial charge in [-0.3, -0.25) is 4.79 Å². The molecular formula is C17H31NO2. The minimum atomic E-state index is -0.630. The van der Waals surface area contributed by atoms with Crippen LogP contribution in [0.5, 0.6) is 0 Å². The lowest BCUT2D eigenvalue weighted by molar-refractivity contribution is -0.138. The average Bonchev–Trinajstić information content (AvgIpc) is 2.38. The van der Waals surface area contributed by atoms with Gasteiger partial charge in [0, 0.05) is 12.5 Å². The van der Waals surface area contributed by atoms with Crippen LogP contribution < -0.4 is 0 Å². The Morgan fingerprint density at radius 3 is 2.40 bits per heavy atom. The van der Waals surface area contributed by atoms with E-state index < -0.39 is 5.97 Å².